The molecule has 5 nitrogen and oxygen atoms in total. The predicted molar refractivity (Wildman–Crippen MR) is 120 cm³/mol. The van der Waals surface area contributed by atoms with Gasteiger partial charge in [0.15, 0.2) is 0 Å². The van der Waals surface area contributed by atoms with Crippen molar-refractivity contribution in [2.45, 2.75) is 0 Å². The predicted octanol–water partition coefficient (Wildman–Crippen LogP) is 4.03. The van der Waals surface area contributed by atoms with Gasteiger partial charge in [-0.25, -0.2) is 0 Å². The summed E-state index contributed by atoms with van der Waals surface area (Å²) in [5.74, 6) is 1.44. The fraction of sp³-hybridized carbons (Fsp3) is 0.240. The molecule has 0 unspecified atom stereocenters. The Balaban J connectivity index is 1.19. The summed E-state index contributed by atoms with van der Waals surface area (Å²) in [7, 11) is 0. The monoisotopic (exact) mass is 401 g/mol. The van der Waals surface area contributed by atoms with Gasteiger partial charge in [0.1, 0.15) is 11.5 Å². The fourth-order valence-corrected chi connectivity index (χ4v) is 3.60. The van der Waals surface area contributed by atoms with Crippen molar-refractivity contribution >= 4 is 11.6 Å². The van der Waals surface area contributed by atoms with Gasteiger partial charge in [0.25, 0.3) is 5.91 Å². The number of piperazine rings is 1. The molecule has 4 rings (SSSR count). The number of ether oxygens (including phenoxy) is 1. The average Bonchev–Trinajstić information content (AvgIpc) is 2.81. The molecule has 0 bridgehead atoms. The van der Waals surface area contributed by atoms with Crippen LogP contribution in [-0.4, -0.2) is 50.1 Å². The Labute approximate surface area is 177 Å². The number of benzene rings is 3. The van der Waals surface area contributed by atoms with E-state index in [1.807, 2.05) is 48.5 Å². The van der Waals surface area contributed by atoms with E-state index in [1.165, 1.54) is 5.69 Å². The van der Waals surface area contributed by atoms with Crippen LogP contribution in [0.5, 0.6) is 11.5 Å². The topological polar surface area (TPSA) is 44.8 Å². The maximum atomic E-state index is 12.4. The van der Waals surface area contributed by atoms with Crippen molar-refractivity contribution in [3.05, 3.63) is 90.5 Å². The first-order chi connectivity index (χ1) is 14.8. The smallest absolute Gasteiger partial charge is 0.251 e. The summed E-state index contributed by atoms with van der Waals surface area (Å²) in [5.41, 5.74) is 1.93. The number of rotatable bonds is 7. The van der Waals surface area contributed by atoms with E-state index in [0.717, 1.165) is 38.5 Å². The number of para-hydroxylation sites is 2. The van der Waals surface area contributed by atoms with Gasteiger partial charge in [-0.3, -0.25) is 9.69 Å². The summed E-state index contributed by atoms with van der Waals surface area (Å²) in [6.07, 6.45) is 0. The lowest BCUT2D eigenvalue weighted by atomic mass is 10.2. The minimum Gasteiger partial charge on any atom is -0.457 e. The third-order valence-electron chi connectivity index (χ3n) is 5.30. The standard InChI is InChI=1S/C25H27N3O2/c29-25(21-11-13-24(14-12-21)30-23-9-5-2-6-10-23)26-15-16-27-17-19-28(20-18-27)22-7-3-1-4-8-22/h1-14H,15-20H2,(H,26,29). The van der Waals surface area contributed by atoms with Gasteiger partial charge in [0, 0.05) is 50.5 Å². The van der Waals surface area contributed by atoms with Crippen LogP contribution in [0.1, 0.15) is 10.4 Å². The highest BCUT2D eigenvalue weighted by atomic mass is 16.5. The molecule has 5 heteroatoms. The zero-order chi connectivity index (χ0) is 20.6. The Hall–Kier alpha value is -3.31. The lowest BCUT2D eigenvalue weighted by Gasteiger charge is -2.36. The average molecular weight is 402 g/mol. The van der Waals surface area contributed by atoms with E-state index in [9.17, 15) is 4.79 Å². The Morgan fingerprint density at radius 1 is 0.767 bits per heavy atom. The second-order valence-corrected chi connectivity index (χ2v) is 7.36. The number of anilines is 1. The largest absolute Gasteiger partial charge is 0.457 e. The number of carbonyl (C=O) groups excluding carboxylic acids is 1. The SMILES string of the molecule is O=C(NCCN1CCN(c2ccccc2)CC1)c1ccc(Oc2ccccc2)cc1. The van der Waals surface area contributed by atoms with Crippen molar-refractivity contribution < 1.29 is 9.53 Å². The van der Waals surface area contributed by atoms with Gasteiger partial charge in [-0.2, -0.15) is 0 Å². The molecule has 0 aromatic heterocycles. The van der Waals surface area contributed by atoms with Crippen molar-refractivity contribution in [3.8, 4) is 11.5 Å². The summed E-state index contributed by atoms with van der Waals surface area (Å²) in [4.78, 5) is 17.2. The van der Waals surface area contributed by atoms with Gasteiger partial charge < -0.3 is 15.0 Å². The highest BCUT2D eigenvalue weighted by Crippen LogP contribution is 2.21. The van der Waals surface area contributed by atoms with E-state index in [-0.39, 0.29) is 5.91 Å². The van der Waals surface area contributed by atoms with Crippen LogP contribution in [0.25, 0.3) is 0 Å². The molecule has 1 N–H and O–H groups in total. The molecule has 0 spiro atoms. The molecule has 1 aliphatic rings. The van der Waals surface area contributed by atoms with Gasteiger partial charge in [0.2, 0.25) is 0 Å². The Morgan fingerprint density at radius 3 is 2.03 bits per heavy atom. The normalized spacial score (nSPS) is 14.3. The van der Waals surface area contributed by atoms with E-state index in [0.29, 0.717) is 17.9 Å². The minimum absolute atomic E-state index is 0.0517. The van der Waals surface area contributed by atoms with Crippen LogP contribution in [0.3, 0.4) is 0 Å². The fourth-order valence-electron chi connectivity index (χ4n) is 3.60. The number of nitrogens with one attached hydrogen (secondary N) is 1. The van der Waals surface area contributed by atoms with Gasteiger partial charge in [-0.1, -0.05) is 36.4 Å². The molecule has 1 fully saturated rings. The van der Waals surface area contributed by atoms with E-state index >= 15 is 0 Å². The summed E-state index contributed by atoms with van der Waals surface area (Å²) in [5, 5.41) is 3.02. The molecule has 0 radical (unpaired) electrons. The van der Waals surface area contributed by atoms with E-state index < -0.39 is 0 Å². The molecule has 30 heavy (non-hydrogen) atoms. The van der Waals surface area contributed by atoms with Crippen molar-refractivity contribution in [1.82, 2.24) is 10.2 Å². The van der Waals surface area contributed by atoms with Crippen LogP contribution in [-0.2, 0) is 0 Å². The minimum atomic E-state index is -0.0517. The lowest BCUT2D eigenvalue weighted by Crippen LogP contribution is -2.48. The molecule has 0 aliphatic carbocycles. The third-order valence-corrected chi connectivity index (χ3v) is 5.30. The van der Waals surface area contributed by atoms with Crippen molar-refractivity contribution in [3.63, 3.8) is 0 Å². The molecule has 3 aromatic carbocycles. The van der Waals surface area contributed by atoms with Crippen LogP contribution in [0.4, 0.5) is 5.69 Å². The Bertz CT molecular complexity index is 922. The lowest BCUT2D eigenvalue weighted by molar-refractivity contribution is 0.0948. The van der Waals surface area contributed by atoms with Gasteiger partial charge >= 0.3 is 0 Å². The number of hydrogen-bond acceptors (Lipinski definition) is 4. The van der Waals surface area contributed by atoms with Crippen LogP contribution in [0.15, 0.2) is 84.9 Å². The van der Waals surface area contributed by atoms with Crippen LogP contribution in [0, 0.1) is 0 Å². The first-order valence-corrected chi connectivity index (χ1v) is 10.4. The molecular formula is C25H27N3O2. The molecule has 3 aromatic rings. The third kappa shape index (κ3) is 5.39. The van der Waals surface area contributed by atoms with Crippen LogP contribution in [0.2, 0.25) is 0 Å². The van der Waals surface area contributed by atoms with Gasteiger partial charge in [0.05, 0.1) is 0 Å². The second-order valence-electron chi connectivity index (χ2n) is 7.36. The molecule has 0 atom stereocenters. The maximum absolute atomic E-state index is 12.4. The molecule has 1 amide bonds. The maximum Gasteiger partial charge on any atom is 0.251 e. The molecule has 1 aliphatic heterocycles. The van der Waals surface area contributed by atoms with E-state index in [4.69, 9.17) is 4.74 Å². The zero-order valence-corrected chi connectivity index (χ0v) is 17.0. The van der Waals surface area contributed by atoms with Crippen molar-refractivity contribution in [2.75, 3.05) is 44.2 Å². The number of carbonyl (C=O) groups is 1. The van der Waals surface area contributed by atoms with E-state index in [2.05, 4.69) is 39.4 Å². The molecule has 1 heterocycles. The van der Waals surface area contributed by atoms with Gasteiger partial charge in [-0.05, 0) is 48.5 Å². The van der Waals surface area contributed by atoms with Crippen LogP contribution < -0.4 is 15.0 Å². The number of hydrogen-bond donors (Lipinski definition) is 1. The highest BCUT2D eigenvalue weighted by Gasteiger charge is 2.17. The van der Waals surface area contributed by atoms with Gasteiger partial charge in [-0.15, -0.1) is 0 Å². The number of amides is 1. The summed E-state index contributed by atoms with van der Waals surface area (Å²) in [6.45, 7) is 5.56. The Morgan fingerprint density at radius 2 is 1.37 bits per heavy atom. The first kappa shape index (κ1) is 20.0. The second kappa shape index (κ2) is 9.94. The highest BCUT2D eigenvalue weighted by molar-refractivity contribution is 5.94. The first-order valence-electron chi connectivity index (χ1n) is 10.4. The molecule has 0 saturated carbocycles. The summed E-state index contributed by atoms with van der Waals surface area (Å²) >= 11 is 0. The van der Waals surface area contributed by atoms with Crippen LogP contribution >= 0.6 is 0 Å². The molecule has 1 saturated heterocycles. The Kier molecular flexibility index (Phi) is 6.62. The summed E-state index contributed by atoms with van der Waals surface area (Å²) < 4.78 is 5.77. The molecule has 154 valence electrons. The quantitative estimate of drug-likeness (QED) is 0.649. The molecular weight excluding hydrogens is 374 g/mol. The zero-order valence-electron chi connectivity index (χ0n) is 17.0. The van der Waals surface area contributed by atoms with E-state index in [1.54, 1.807) is 12.1 Å². The summed E-state index contributed by atoms with van der Waals surface area (Å²) in [6, 6.07) is 27.4. The number of nitrogens with zero attached hydrogens (tertiary/aromatic N) is 2. The van der Waals surface area contributed by atoms with Crippen molar-refractivity contribution in [1.29, 1.82) is 0 Å². The van der Waals surface area contributed by atoms with Crippen molar-refractivity contribution in [2.24, 2.45) is 0 Å².